The second-order valence-corrected chi connectivity index (χ2v) is 8.31. The molecule has 0 bridgehead atoms. The maximum Gasteiger partial charge on any atom is 0.260 e. The third-order valence-corrected chi connectivity index (χ3v) is 6.07. The summed E-state index contributed by atoms with van der Waals surface area (Å²) in [4.78, 5) is 19.5. The van der Waals surface area contributed by atoms with E-state index in [1.165, 1.54) is 24.1 Å². The number of aliphatic hydroxyl groups excluding tert-OH is 1. The molecular weight excluding hydrogens is 465 g/mol. The van der Waals surface area contributed by atoms with Gasteiger partial charge in [0.05, 0.1) is 26.9 Å². The van der Waals surface area contributed by atoms with Crippen LogP contribution in [-0.4, -0.2) is 44.5 Å². The fourth-order valence-electron chi connectivity index (χ4n) is 4.38. The van der Waals surface area contributed by atoms with Crippen molar-refractivity contribution in [2.75, 3.05) is 18.6 Å². The lowest BCUT2D eigenvalue weighted by Gasteiger charge is -2.18. The zero-order valence-corrected chi connectivity index (χ0v) is 20.0. The van der Waals surface area contributed by atoms with E-state index < -0.39 is 5.82 Å². The van der Waals surface area contributed by atoms with Gasteiger partial charge in [-0.1, -0.05) is 6.07 Å². The Morgan fingerprint density at radius 1 is 1.11 bits per heavy atom. The molecule has 184 valence electrons. The molecule has 0 radical (unpaired) electrons. The first kappa shape index (κ1) is 23.4. The maximum absolute atomic E-state index is 14.3. The minimum absolute atomic E-state index is 0.214. The number of fused-ring (bicyclic) bond motifs is 1. The average Bonchev–Trinajstić information content (AvgIpc) is 3.46. The summed E-state index contributed by atoms with van der Waals surface area (Å²) in [5.41, 5.74) is 3.64. The second kappa shape index (κ2) is 9.38. The quantitative estimate of drug-likeness (QED) is 0.422. The highest BCUT2D eigenvalue weighted by Gasteiger charge is 2.33. The number of amides is 1. The zero-order valence-electron chi connectivity index (χ0n) is 20.0. The topological polar surface area (TPSA) is 103 Å². The maximum atomic E-state index is 14.3. The van der Waals surface area contributed by atoms with E-state index in [9.17, 15) is 14.3 Å². The number of anilines is 1. The summed E-state index contributed by atoms with van der Waals surface area (Å²) >= 11 is 0. The minimum Gasteiger partial charge on any atom is -0.496 e. The summed E-state index contributed by atoms with van der Waals surface area (Å²) in [6, 6.07) is 11.3. The van der Waals surface area contributed by atoms with E-state index in [-0.39, 0.29) is 19.1 Å². The number of hydrogen-bond donors (Lipinski definition) is 1. The van der Waals surface area contributed by atoms with Gasteiger partial charge in [0.25, 0.3) is 5.91 Å². The van der Waals surface area contributed by atoms with Crippen molar-refractivity contribution in [1.82, 2.24) is 19.7 Å². The van der Waals surface area contributed by atoms with E-state index in [1.807, 2.05) is 6.92 Å². The largest absolute Gasteiger partial charge is 0.496 e. The molecule has 1 amide bonds. The van der Waals surface area contributed by atoms with Gasteiger partial charge in [-0.3, -0.25) is 9.69 Å². The van der Waals surface area contributed by atoms with Crippen molar-refractivity contribution >= 4 is 11.7 Å². The molecule has 4 aromatic rings. The SMILES string of the molecule is CCOc1cc(-c2ccc(F)cc2-c2nncn2C)cc(N2Cc3c(OC)cc(CO)cc3C2=O)n1. The molecule has 0 saturated carbocycles. The van der Waals surface area contributed by atoms with Crippen molar-refractivity contribution in [2.24, 2.45) is 7.05 Å². The first-order chi connectivity index (χ1) is 17.4. The fraction of sp³-hybridized carbons (Fsp3) is 0.231. The number of aliphatic hydroxyl groups is 1. The monoisotopic (exact) mass is 489 g/mol. The van der Waals surface area contributed by atoms with Crippen LogP contribution in [0.25, 0.3) is 22.5 Å². The van der Waals surface area contributed by atoms with Crippen LogP contribution in [-0.2, 0) is 20.2 Å². The van der Waals surface area contributed by atoms with Gasteiger partial charge in [0.15, 0.2) is 5.82 Å². The van der Waals surface area contributed by atoms with E-state index in [1.54, 1.807) is 48.3 Å². The van der Waals surface area contributed by atoms with Crippen LogP contribution in [0.3, 0.4) is 0 Å². The average molecular weight is 490 g/mol. The number of ether oxygens (including phenoxy) is 2. The van der Waals surface area contributed by atoms with Crippen LogP contribution in [0, 0.1) is 5.82 Å². The van der Waals surface area contributed by atoms with Crippen molar-refractivity contribution in [3.8, 4) is 34.1 Å². The van der Waals surface area contributed by atoms with Crippen molar-refractivity contribution in [2.45, 2.75) is 20.1 Å². The number of pyridine rings is 1. The number of rotatable bonds is 7. The summed E-state index contributed by atoms with van der Waals surface area (Å²) in [5, 5.41) is 17.7. The molecule has 1 aliphatic rings. The van der Waals surface area contributed by atoms with Crippen LogP contribution in [0.4, 0.5) is 10.2 Å². The van der Waals surface area contributed by atoms with E-state index in [4.69, 9.17) is 9.47 Å². The fourth-order valence-corrected chi connectivity index (χ4v) is 4.38. The number of aromatic nitrogens is 4. The molecule has 10 heteroatoms. The van der Waals surface area contributed by atoms with Crippen molar-refractivity contribution in [1.29, 1.82) is 0 Å². The molecule has 9 nitrogen and oxygen atoms in total. The van der Waals surface area contributed by atoms with Gasteiger partial charge in [0, 0.05) is 29.8 Å². The van der Waals surface area contributed by atoms with Crippen molar-refractivity contribution < 1.29 is 23.8 Å². The molecule has 2 aromatic carbocycles. The second-order valence-electron chi connectivity index (χ2n) is 8.31. The van der Waals surface area contributed by atoms with Gasteiger partial charge < -0.3 is 19.1 Å². The lowest BCUT2D eigenvalue weighted by Crippen LogP contribution is -2.24. The number of nitrogens with zero attached hydrogens (tertiary/aromatic N) is 5. The van der Waals surface area contributed by atoms with Gasteiger partial charge in [0.1, 0.15) is 23.7 Å². The Labute approximate surface area is 206 Å². The van der Waals surface area contributed by atoms with Crippen LogP contribution >= 0.6 is 0 Å². The lowest BCUT2D eigenvalue weighted by molar-refractivity contribution is 0.0995. The predicted molar refractivity (Wildman–Crippen MR) is 130 cm³/mol. The Kier molecular flexibility index (Phi) is 6.11. The predicted octanol–water partition coefficient (Wildman–Crippen LogP) is 3.74. The van der Waals surface area contributed by atoms with Gasteiger partial charge in [0.2, 0.25) is 5.88 Å². The van der Waals surface area contributed by atoms with Crippen LogP contribution in [0.1, 0.15) is 28.4 Å². The standard InChI is InChI=1S/C26H24FN5O4/c1-4-36-24-10-16(18-6-5-17(27)11-19(18)25-30-28-14-31(25)2)9-23(29-24)32-12-21-20(26(32)34)7-15(13-33)8-22(21)35-3/h5-11,14,33H,4,12-13H2,1-3H3. The first-order valence-corrected chi connectivity index (χ1v) is 11.3. The van der Waals surface area contributed by atoms with Gasteiger partial charge in [-0.25, -0.2) is 4.39 Å². The molecule has 0 saturated heterocycles. The Morgan fingerprint density at radius 3 is 2.64 bits per heavy atom. The van der Waals surface area contributed by atoms with Crippen LogP contribution in [0.2, 0.25) is 0 Å². The number of aryl methyl sites for hydroxylation is 1. The number of carbonyl (C=O) groups excluding carboxylic acids is 1. The number of carbonyl (C=O) groups is 1. The highest BCUT2D eigenvalue weighted by atomic mass is 19.1. The normalized spacial score (nSPS) is 12.7. The molecular formula is C26H24FN5O4. The van der Waals surface area contributed by atoms with Crippen LogP contribution in [0.5, 0.6) is 11.6 Å². The smallest absolute Gasteiger partial charge is 0.260 e. The van der Waals surface area contributed by atoms with Gasteiger partial charge in [-0.05, 0) is 53.9 Å². The molecule has 0 atom stereocenters. The Hall–Kier alpha value is -4.31. The Morgan fingerprint density at radius 2 is 1.94 bits per heavy atom. The van der Waals surface area contributed by atoms with E-state index >= 15 is 0 Å². The summed E-state index contributed by atoms with van der Waals surface area (Å²) in [6.45, 7) is 2.24. The van der Waals surface area contributed by atoms with Crippen LogP contribution < -0.4 is 14.4 Å². The van der Waals surface area contributed by atoms with E-state index in [0.29, 0.717) is 63.3 Å². The number of halogens is 1. The molecule has 0 aliphatic carbocycles. The Bertz CT molecular complexity index is 1470. The molecule has 0 fully saturated rings. The minimum atomic E-state index is -0.409. The summed E-state index contributed by atoms with van der Waals surface area (Å²) in [7, 11) is 3.31. The molecule has 3 heterocycles. The zero-order chi connectivity index (χ0) is 25.4. The van der Waals surface area contributed by atoms with Gasteiger partial charge in [-0.2, -0.15) is 4.98 Å². The number of benzene rings is 2. The molecule has 2 aromatic heterocycles. The van der Waals surface area contributed by atoms with Gasteiger partial charge >= 0.3 is 0 Å². The van der Waals surface area contributed by atoms with Crippen LogP contribution in [0.15, 0.2) is 48.8 Å². The third-order valence-electron chi connectivity index (χ3n) is 6.07. The molecule has 1 aliphatic heterocycles. The lowest BCUT2D eigenvalue weighted by atomic mass is 9.99. The Balaban J connectivity index is 1.64. The molecule has 5 rings (SSSR count). The molecule has 0 unspecified atom stereocenters. The van der Waals surface area contributed by atoms with E-state index in [0.717, 1.165) is 0 Å². The summed E-state index contributed by atoms with van der Waals surface area (Å²) < 4.78 is 27.2. The number of methoxy groups -OCH3 is 1. The summed E-state index contributed by atoms with van der Waals surface area (Å²) in [5.74, 6) is 1.04. The summed E-state index contributed by atoms with van der Waals surface area (Å²) in [6.07, 6.45) is 1.54. The first-order valence-electron chi connectivity index (χ1n) is 11.3. The third kappa shape index (κ3) is 4.05. The highest BCUT2D eigenvalue weighted by Crippen LogP contribution is 2.39. The molecule has 1 N–H and O–H groups in total. The highest BCUT2D eigenvalue weighted by molar-refractivity contribution is 6.10. The number of hydrogen-bond acceptors (Lipinski definition) is 7. The van der Waals surface area contributed by atoms with Gasteiger partial charge in [-0.15, -0.1) is 10.2 Å². The van der Waals surface area contributed by atoms with Crippen molar-refractivity contribution in [3.63, 3.8) is 0 Å². The molecule has 0 spiro atoms. The van der Waals surface area contributed by atoms with E-state index in [2.05, 4.69) is 15.2 Å². The van der Waals surface area contributed by atoms with Crippen molar-refractivity contribution in [3.05, 3.63) is 71.3 Å². The molecule has 36 heavy (non-hydrogen) atoms.